The Morgan fingerprint density at radius 3 is 2.28 bits per heavy atom. The SMILES string of the molecule is CCN(CC)C(=O)c1ccc(NC(=O)C[n+]2cccc(C)c2C)cc1. The molecular weight excluding hydrogens is 314 g/mol. The number of hydrogen-bond acceptors (Lipinski definition) is 2. The van der Waals surface area contributed by atoms with E-state index in [4.69, 9.17) is 0 Å². The summed E-state index contributed by atoms with van der Waals surface area (Å²) in [5, 5.41) is 2.88. The maximum atomic E-state index is 12.3. The minimum atomic E-state index is -0.0958. The number of nitrogens with one attached hydrogen (secondary N) is 1. The molecule has 5 heteroatoms. The highest BCUT2D eigenvalue weighted by atomic mass is 16.2. The van der Waals surface area contributed by atoms with E-state index in [-0.39, 0.29) is 18.4 Å². The van der Waals surface area contributed by atoms with Crippen molar-refractivity contribution in [3.8, 4) is 0 Å². The highest BCUT2D eigenvalue weighted by molar-refractivity contribution is 5.95. The largest absolute Gasteiger partial charge is 0.339 e. The highest BCUT2D eigenvalue weighted by Crippen LogP contribution is 2.12. The number of nitrogens with zero attached hydrogens (tertiary/aromatic N) is 2. The van der Waals surface area contributed by atoms with Crippen LogP contribution < -0.4 is 9.88 Å². The number of carbonyl (C=O) groups excluding carboxylic acids is 2. The normalized spacial score (nSPS) is 10.4. The molecule has 1 aromatic heterocycles. The first kappa shape index (κ1) is 18.6. The van der Waals surface area contributed by atoms with Crippen LogP contribution in [0.25, 0.3) is 0 Å². The fourth-order valence-corrected chi connectivity index (χ4v) is 2.67. The quantitative estimate of drug-likeness (QED) is 0.822. The molecule has 0 aliphatic rings. The minimum Gasteiger partial charge on any atom is -0.339 e. The number of aryl methyl sites for hydroxylation is 1. The smallest absolute Gasteiger partial charge is 0.290 e. The molecule has 0 radical (unpaired) electrons. The van der Waals surface area contributed by atoms with Crippen molar-refractivity contribution in [3.05, 3.63) is 59.4 Å². The molecule has 1 heterocycles. The van der Waals surface area contributed by atoms with Crippen molar-refractivity contribution in [1.82, 2.24) is 4.90 Å². The first-order chi connectivity index (χ1) is 12.0. The summed E-state index contributed by atoms with van der Waals surface area (Å²) in [5.41, 5.74) is 3.53. The van der Waals surface area contributed by atoms with E-state index in [1.54, 1.807) is 29.2 Å². The Morgan fingerprint density at radius 1 is 1.04 bits per heavy atom. The monoisotopic (exact) mass is 340 g/mol. The van der Waals surface area contributed by atoms with Gasteiger partial charge in [0.05, 0.1) is 0 Å². The molecule has 0 bridgehead atoms. The lowest BCUT2D eigenvalue weighted by Crippen LogP contribution is -2.43. The Bertz CT molecular complexity index is 750. The first-order valence-corrected chi connectivity index (χ1v) is 8.61. The van der Waals surface area contributed by atoms with E-state index in [9.17, 15) is 9.59 Å². The van der Waals surface area contributed by atoms with Crippen LogP contribution in [0.3, 0.4) is 0 Å². The van der Waals surface area contributed by atoms with Gasteiger partial charge in [-0.05, 0) is 51.1 Å². The van der Waals surface area contributed by atoms with Crippen molar-refractivity contribution >= 4 is 17.5 Å². The van der Waals surface area contributed by atoms with Gasteiger partial charge < -0.3 is 10.2 Å². The molecular formula is C20H26N3O2+. The number of carbonyl (C=O) groups is 2. The van der Waals surface area contributed by atoms with Crippen molar-refractivity contribution in [2.45, 2.75) is 34.2 Å². The van der Waals surface area contributed by atoms with E-state index in [0.29, 0.717) is 24.3 Å². The van der Waals surface area contributed by atoms with Crippen LogP contribution in [0.4, 0.5) is 5.69 Å². The summed E-state index contributed by atoms with van der Waals surface area (Å²) < 4.78 is 1.92. The van der Waals surface area contributed by atoms with Gasteiger partial charge in [0.1, 0.15) is 0 Å². The van der Waals surface area contributed by atoms with Gasteiger partial charge in [-0.25, -0.2) is 0 Å². The standard InChI is InChI=1S/C20H25N3O2/c1-5-22(6-2)20(25)17-9-11-18(12-10-17)21-19(24)14-23-13-7-8-15(3)16(23)4/h7-13H,5-6,14H2,1-4H3/p+1. The van der Waals surface area contributed by atoms with Gasteiger partial charge in [-0.15, -0.1) is 0 Å². The van der Waals surface area contributed by atoms with Crippen LogP contribution >= 0.6 is 0 Å². The van der Waals surface area contributed by atoms with E-state index in [0.717, 1.165) is 11.3 Å². The summed E-state index contributed by atoms with van der Waals surface area (Å²) in [5.74, 6) is -0.0877. The molecule has 5 nitrogen and oxygen atoms in total. The number of benzene rings is 1. The summed E-state index contributed by atoms with van der Waals surface area (Å²) >= 11 is 0. The molecule has 0 aliphatic heterocycles. The van der Waals surface area contributed by atoms with E-state index < -0.39 is 0 Å². The zero-order valence-corrected chi connectivity index (χ0v) is 15.4. The Labute approximate surface area is 149 Å². The van der Waals surface area contributed by atoms with E-state index in [2.05, 4.69) is 5.32 Å². The molecule has 2 aromatic rings. The molecule has 1 N–H and O–H groups in total. The van der Waals surface area contributed by atoms with Gasteiger partial charge in [-0.3, -0.25) is 9.59 Å². The van der Waals surface area contributed by atoms with Crippen molar-refractivity contribution in [2.75, 3.05) is 18.4 Å². The third-order valence-electron chi connectivity index (χ3n) is 4.39. The zero-order valence-electron chi connectivity index (χ0n) is 15.4. The Hall–Kier alpha value is -2.69. The molecule has 2 amide bonds. The van der Waals surface area contributed by atoms with Crippen molar-refractivity contribution < 1.29 is 14.2 Å². The van der Waals surface area contributed by atoms with Gasteiger partial charge in [-0.2, -0.15) is 4.57 Å². The number of rotatable bonds is 6. The van der Waals surface area contributed by atoms with Gasteiger partial charge in [0.15, 0.2) is 11.9 Å². The summed E-state index contributed by atoms with van der Waals surface area (Å²) in [7, 11) is 0. The van der Waals surface area contributed by atoms with Gasteiger partial charge in [0, 0.05) is 42.9 Å². The molecule has 132 valence electrons. The van der Waals surface area contributed by atoms with E-state index >= 15 is 0 Å². The summed E-state index contributed by atoms with van der Waals surface area (Å²) in [6.07, 6.45) is 1.90. The highest BCUT2D eigenvalue weighted by Gasteiger charge is 2.15. The van der Waals surface area contributed by atoms with Crippen LogP contribution in [0.1, 0.15) is 35.5 Å². The van der Waals surface area contributed by atoms with Gasteiger partial charge in [0.2, 0.25) is 6.54 Å². The summed E-state index contributed by atoms with van der Waals surface area (Å²) in [6, 6.07) is 11.0. The Balaban J connectivity index is 2.02. The topological polar surface area (TPSA) is 53.3 Å². The van der Waals surface area contributed by atoms with Crippen LogP contribution in [0, 0.1) is 13.8 Å². The lowest BCUT2D eigenvalue weighted by Gasteiger charge is -2.18. The number of pyridine rings is 1. The van der Waals surface area contributed by atoms with Crippen LogP contribution in [0.15, 0.2) is 42.6 Å². The average molecular weight is 340 g/mol. The van der Waals surface area contributed by atoms with Gasteiger partial charge in [0.25, 0.3) is 11.8 Å². The van der Waals surface area contributed by atoms with E-state index in [1.165, 1.54) is 0 Å². The fraction of sp³-hybridized carbons (Fsp3) is 0.350. The lowest BCUT2D eigenvalue weighted by atomic mass is 10.1. The van der Waals surface area contributed by atoms with Crippen LogP contribution in [0.2, 0.25) is 0 Å². The number of hydrogen-bond donors (Lipinski definition) is 1. The Kier molecular flexibility index (Phi) is 6.28. The van der Waals surface area contributed by atoms with E-state index in [1.807, 2.05) is 50.6 Å². The number of anilines is 1. The van der Waals surface area contributed by atoms with Gasteiger partial charge in [-0.1, -0.05) is 0 Å². The molecule has 0 unspecified atom stereocenters. The molecule has 0 aliphatic carbocycles. The van der Waals surface area contributed by atoms with Crippen LogP contribution in [0.5, 0.6) is 0 Å². The summed E-state index contributed by atoms with van der Waals surface area (Å²) in [6.45, 7) is 9.56. The number of amides is 2. The maximum Gasteiger partial charge on any atom is 0.290 e. The second kappa shape index (κ2) is 8.42. The van der Waals surface area contributed by atoms with Crippen molar-refractivity contribution in [2.24, 2.45) is 0 Å². The third kappa shape index (κ3) is 4.66. The van der Waals surface area contributed by atoms with Crippen molar-refractivity contribution in [1.29, 1.82) is 0 Å². The first-order valence-electron chi connectivity index (χ1n) is 8.61. The maximum absolute atomic E-state index is 12.3. The molecule has 0 fully saturated rings. The molecule has 0 saturated carbocycles. The zero-order chi connectivity index (χ0) is 18.4. The van der Waals surface area contributed by atoms with Crippen LogP contribution in [-0.2, 0) is 11.3 Å². The molecule has 0 spiro atoms. The second-order valence-corrected chi connectivity index (χ2v) is 6.01. The minimum absolute atomic E-state index is 0.00816. The van der Waals surface area contributed by atoms with Crippen LogP contribution in [-0.4, -0.2) is 29.8 Å². The second-order valence-electron chi connectivity index (χ2n) is 6.01. The predicted octanol–water partition coefficient (Wildman–Crippen LogP) is 2.71. The fourth-order valence-electron chi connectivity index (χ4n) is 2.67. The molecule has 0 atom stereocenters. The molecule has 0 saturated heterocycles. The lowest BCUT2D eigenvalue weighted by molar-refractivity contribution is -0.690. The third-order valence-corrected chi connectivity index (χ3v) is 4.39. The number of aromatic nitrogens is 1. The predicted molar refractivity (Wildman–Crippen MR) is 98.4 cm³/mol. The molecule has 25 heavy (non-hydrogen) atoms. The van der Waals surface area contributed by atoms with Crippen molar-refractivity contribution in [3.63, 3.8) is 0 Å². The van der Waals surface area contributed by atoms with Gasteiger partial charge >= 0.3 is 0 Å². The Morgan fingerprint density at radius 2 is 1.68 bits per heavy atom. The summed E-state index contributed by atoms with van der Waals surface area (Å²) in [4.78, 5) is 26.3. The average Bonchev–Trinajstić information content (AvgIpc) is 2.60. The molecule has 1 aromatic carbocycles. The molecule has 2 rings (SSSR count).